The topological polar surface area (TPSA) is 81.9 Å². The Morgan fingerprint density at radius 1 is 1.03 bits per heavy atom. The van der Waals surface area contributed by atoms with Gasteiger partial charge in [-0.1, -0.05) is 46.7 Å². The first kappa shape index (κ1) is 21.6. The molecular formula is C25H27N5O2. The Kier molecular flexibility index (Phi) is 7.17. The van der Waals surface area contributed by atoms with E-state index < -0.39 is 0 Å². The van der Waals surface area contributed by atoms with Crippen LogP contribution in [0.4, 0.5) is 0 Å². The van der Waals surface area contributed by atoms with Gasteiger partial charge in [-0.15, -0.1) is 0 Å². The summed E-state index contributed by atoms with van der Waals surface area (Å²) in [5.41, 5.74) is 6.51. The van der Waals surface area contributed by atoms with Crippen LogP contribution in [0, 0.1) is 0 Å². The highest BCUT2D eigenvalue weighted by Crippen LogP contribution is 2.23. The molecule has 1 aliphatic carbocycles. The number of benzene rings is 1. The fourth-order valence-corrected chi connectivity index (χ4v) is 3.66. The van der Waals surface area contributed by atoms with Crippen LogP contribution in [0.2, 0.25) is 0 Å². The molecule has 0 bridgehead atoms. The summed E-state index contributed by atoms with van der Waals surface area (Å²) in [4.78, 5) is 24.5. The Morgan fingerprint density at radius 3 is 2.75 bits per heavy atom. The summed E-state index contributed by atoms with van der Waals surface area (Å²) in [5.74, 6) is 0.720. The van der Waals surface area contributed by atoms with Crippen molar-refractivity contribution in [2.75, 3.05) is 13.7 Å². The molecule has 32 heavy (non-hydrogen) atoms. The SMILES string of the molecule is CO/N=C(/C)c1cccc(CCCON=C2CCCc3cnc(-c4ccccc4)nc32)n1. The van der Waals surface area contributed by atoms with Crippen LogP contribution < -0.4 is 0 Å². The van der Waals surface area contributed by atoms with Gasteiger partial charge >= 0.3 is 0 Å². The molecule has 0 unspecified atom stereocenters. The number of pyridine rings is 1. The second-order valence-corrected chi connectivity index (χ2v) is 7.64. The highest BCUT2D eigenvalue weighted by atomic mass is 16.6. The Labute approximate surface area is 188 Å². The van der Waals surface area contributed by atoms with Crippen molar-refractivity contribution in [1.29, 1.82) is 0 Å². The highest BCUT2D eigenvalue weighted by molar-refractivity contribution is 6.01. The van der Waals surface area contributed by atoms with Crippen molar-refractivity contribution >= 4 is 11.4 Å². The summed E-state index contributed by atoms with van der Waals surface area (Å²) < 4.78 is 0. The van der Waals surface area contributed by atoms with E-state index in [4.69, 9.17) is 14.7 Å². The van der Waals surface area contributed by atoms with Gasteiger partial charge in [0.1, 0.15) is 25.1 Å². The molecule has 7 heteroatoms. The predicted octanol–water partition coefficient (Wildman–Crippen LogP) is 4.60. The minimum Gasteiger partial charge on any atom is -0.399 e. The zero-order valence-corrected chi connectivity index (χ0v) is 18.5. The van der Waals surface area contributed by atoms with E-state index in [1.54, 1.807) is 0 Å². The zero-order chi connectivity index (χ0) is 22.2. The Hall–Kier alpha value is -3.61. The summed E-state index contributed by atoms with van der Waals surface area (Å²) >= 11 is 0. The third-order valence-corrected chi connectivity index (χ3v) is 5.28. The molecule has 164 valence electrons. The quantitative estimate of drug-likeness (QED) is 0.297. The molecule has 1 aromatic carbocycles. The van der Waals surface area contributed by atoms with Gasteiger partial charge in [-0.3, -0.25) is 4.98 Å². The number of hydrogen-bond donors (Lipinski definition) is 0. The molecule has 0 radical (unpaired) electrons. The van der Waals surface area contributed by atoms with Crippen LogP contribution in [-0.4, -0.2) is 40.1 Å². The fourth-order valence-electron chi connectivity index (χ4n) is 3.66. The van der Waals surface area contributed by atoms with Gasteiger partial charge in [-0.25, -0.2) is 9.97 Å². The normalized spacial score (nSPS) is 14.8. The van der Waals surface area contributed by atoms with E-state index in [9.17, 15) is 0 Å². The van der Waals surface area contributed by atoms with Crippen molar-refractivity contribution in [3.8, 4) is 11.4 Å². The van der Waals surface area contributed by atoms with E-state index in [0.717, 1.165) is 77.6 Å². The summed E-state index contributed by atoms with van der Waals surface area (Å²) in [7, 11) is 1.53. The van der Waals surface area contributed by atoms with Crippen molar-refractivity contribution in [2.24, 2.45) is 10.3 Å². The molecular weight excluding hydrogens is 402 g/mol. The molecule has 7 nitrogen and oxygen atoms in total. The van der Waals surface area contributed by atoms with Crippen LogP contribution in [0.25, 0.3) is 11.4 Å². The van der Waals surface area contributed by atoms with Gasteiger partial charge in [0.2, 0.25) is 0 Å². The number of rotatable bonds is 8. The molecule has 0 aliphatic heterocycles. The summed E-state index contributed by atoms with van der Waals surface area (Å²) in [6.45, 7) is 2.40. The minimum absolute atomic E-state index is 0.520. The van der Waals surface area contributed by atoms with E-state index in [1.807, 2.05) is 61.7 Å². The van der Waals surface area contributed by atoms with Crippen LogP contribution >= 0.6 is 0 Å². The Bertz CT molecular complexity index is 1110. The van der Waals surface area contributed by atoms with Gasteiger partial charge in [0.05, 0.1) is 11.4 Å². The van der Waals surface area contributed by atoms with E-state index in [1.165, 1.54) is 7.11 Å². The van der Waals surface area contributed by atoms with Gasteiger partial charge in [0, 0.05) is 17.5 Å². The van der Waals surface area contributed by atoms with Gasteiger partial charge in [-0.2, -0.15) is 0 Å². The molecule has 0 spiro atoms. The average Bonchev–Trinajstić information content (AvgIpc) is 2.84. The van der Waals surface area contributed by atoms with Crippen molar-refractivity contribution in [1.82, 2.24) is 15.0 Å². The average molecular weight is 430 g/mol. The van der Waals surface area contributed by atoms with E-state index in [2.05, 4.69) is 20.3 Å². The molecule has 0 N–H and O–H groups in total. The summed E-state index contributed by atoms with van der Waals surface area (Å²) in [6, 6.07) is 15.9. The zero-order valence-electron chi connectivity index (χ0n) is 18.5. The second-order valence-electron chi connectivity index (χ2n) is 7.64. The molecule has 0 fully saturated rings. The summed E-state index contributed by atoms with van der Waals surface area (Å²) in [6.07, 6.45) is 6.40. The number of fused-ring (bicyclic) bond motifs is 1. The maximum atomic E-state index is 5.67. The van der Waals surface area contributed by atoms with Crippen LogP contribution in [0.3, 0.4) is 0 Å². The lowest BCUT2D eigenvalue weighted by Crippen LogP contribution is -2.16. The van der Waals surface area contributed by atoms with E-state index in [-0.39, 0.29) is 0 Å². The van der Waals surface area contributed by atoms with Crippen LogP contribution in [0.5, 0.6) is 0 Å². The molecule has 2 aromatic heterocycles. The first-order valence-electron chi connectivity index (χ1n) is 10.9. The number of aromatic nitrogens is 3. The Balaban J connectivity index is 1.37. The molecule has 3 aromatic rings. The fraction of sp³-hybridized carbons (Fsp3) is 0.320. The largest absolute Gasteiger partial charge is 0.399 e. The van der Waals surface area contributed by atoms with Crippen LogP contribution in [0.15, 0.2) is 65.0 Å². The minimum atomic E-state index is 0.520. The molecule has 0 atom stereocenters. The van der Waals surface area contributed by atoms with Gasteiger partial charge < -0.3 is 9.68 Å². The first-order chi connectivity index (χ1) is 15.7. The summed E-state index contributed by atoms with van der Waals surface area (Å²) in [5, 5.41) is 8.37. The third-order valence-electron chi connectivity index (χ3n) is 5.28. The monoisotopic (exact) mass is 429 g/mol. The lowest BCUT2D eigenvalue weighted by atomic mass is 9.95. The first-order valence-corrected chi connectivity index (χ1v) is 10.9. The van der Waals surface area contributed by atoms with E-state index in [0.29, 0.717) is 6.61 Å². The van der Waals surface area contributed by atoms with Crippen LogP contribution in [0.1, 0.15) is 48.8 Å². The number of aryl methyl sites for hydroxylation is 2. The number of nitrogens with zero attached hydrogens (tertiary/aromatic N) is 5. The van der Waals surface area contributed by atoms with E-state index >= 15 is 0 Å². The maximum absolute atomic E-state index is 5.67. The lowest BCUT2D eigenvalue weighted by Gasteiger charge is -2.17. The van der Waals surface area contributed by atoms with Crippen molar-refractivity contribution < 1.29 is 9.68 Å². The standard InChI is InChI=1S/C25H27N5O2/c1-18(29-31-2)22-14-7-12-21(27-22)13-8-16-32-30-23-15-6-11-20-17-26-25(28-24(20)23)19-9-4-3-5-10-19/h3-5,7,9-10,12,14,17H,6,8,11,13,15-16H2,1-2H3/b29-18-,30-23?. The molecule has 2 heterocycles. The van der Waals surface area contributed by atoms with Crippen LogP contribution in [-0.2, 0) is 22.5 Å². The lowest BCUT2D eigenvalue weighted by molar-refractivity contribution is 0.141. The van der Waals surface area contributed by atoms with Crippen molar-refractivity contribution in [3.63, 3.8) is 0 Å². The highest BCUT2D eigenvalue weighted by Gasteiger charge is 2.19. The van der Waals surface area contributed by atoms with Gasteiger partial charge in [-0.05, 0) is 56.7 Å². The van der Waals surface area contributed by atoms with Crippen molar-refractivity contribution in [2.45, 2.75) is 39.0 Å². The third kappa shape index (κ3) is 5.35. The molecule has 0 saturated carbocycles. The number of oxime groups is 2. The predicted molar refractivity (Wildman–Crippen MR) is 125 cm³/mol. The molecule has 0 saturated heterocycles. The number of hydrogen-bond acceptors (Lipinski definition) is 7. The Morgan fingerprint density at radius 2 is 1.91 bits per heavy atom. The van der Waals surface area contributed by atoms with Gasteiger partial charge in [0.15, 0.2) is 5.82 Å². The second kappa shape index (κ2) is 10.6. The maximum Gasteiger partial charge on any atom is 0.159 e. The molecule has 1 aliphatic rings. The van der Waals surface area contributed by atoms with Gasteiger partial charge in [0.25, 0.3) is 0 Å². The molecule has 0 amide bonds. The smallest absolute Gasteiger partial charge is 0.159 e. The molecule has 4 rings (SSSR count). The van der Waals surface area contributed by atoms with Crippen molar-refractivity contribution in [3.05, 3.63) is 77.4 Å².